The first kappa shape index (κ1) is 21.5. The molecule has 1 aliphatic heterocycles. The number of hydrogen-bond acceptors (Lipinski definition) is 4. The molecule has 2 aromatic heterocycles. The zero-order valence-electron chi connectivity index (χ0n) is 18.7. The van der Waals surface area contributed by atoms with Crippen molar-refractivity contribution in [1.29, 1.82) is 0 Å². The van der Waals surface area contributed by atoms with Crippen molar-refractivity contribution in [3.8, 4) is 0 Å². The summed E-state index contributed by atoms with van der Waals surface area (Å²) in [6.07, 6.45) is 0.881. The van der Waals surface area contributed by atoms with Gasteiger partial charge in [-0.2, -0.15) is 4.98 Å². The van der Waals surface area contributed by atoms with Gasteiger partial charge in [0.1, 0.15) is 0 Å². The normalized spacial score (nSPS) is 15.7. The molecule has 8 heteroatoms. The first-order valence-corrected chi connectivity index (χ1v) is 11.5. The van der Waals surface area contributed by atoms with Crippen LogP contribution in [0.3, 0.4) is 0 Å². The van der Waals surface area contributed by atoms with Crippen LogP contribution < -0.4 is 16.1 Å². The predicted molar refractivity (Wildman–Crippen MR) is 131 cm³/mol. The molecule has 2 aromatic carbocycles. The van der Waals surface area contributed by atoms with E-state index in [1.807, 2.05) is 41.0 Å². The van der Waals surface area contributed by atoms with Crippen molar-refractivity contribution in [1.82, 2.24) is 18.7 Å². The van der Waals surface area contributed by atoms with Crippen molar-refractivity contribution in [2.75, 3.05) is 18.0 Å². The van der Waals surface area contributed by atoms with Crippen molar-refractivity contribution in [2.45, 2.75) is 26.4 Å². The fraction of sp³-hybridized carbons (Fsp3) is 0.320. The van der Waals surface area contributed by atoms with Crippen LogP contribution in [0, 0.1) is 5.92 Å². The van der Waals surface area contributed by atoms with E-state index >= 15 is 0 Å². The summed E-state index contributed by atoms with van der Waals surface area (Å²) in [6, 6.07) is 17.6. The Morgan fingerprint density at radius 3 is 2.52 bits per heavy atom. The molecule has 0 spiro atoms. The maximum absolute atomic E-state index is 13.6. The van der Waals surface area contributed by atoms with Gasteiger partial charge < -0.3 is 9.47 Å². The van der Waals surface area contributed by atoms with E-state index in [-0.39, 0.29) is 12.1 Å². The number of halogens is 1. The molecule has 3 heterocycles. The minimum absolute atomic E-state index is 0.120. The quantitative estimate of drug-likeness (QED) is 0.455. The lowest BCUT2D eigenvalue weighted by Crippen LogP contribution is -2.41. The number of aryl methyl sites for hydroxylation is 1. The number of anilines is 1. The monoisotopic (exact) mass is 463 g/mol. The average Bonchev–Trinajstić information content (AvgIpc) is 3.20. The van der Waals surface area contributed by atoms with Crippen molar-refractivity contribution in [2.24, 2.45) is 13.0 Å². The van der Waals surface area contributed by atoms with Crippen LogP contribution in [0.25, 0.3) is 11.2 Å². The van der Waals surface area contributed by atoms with E-state index in [0.29, 0.717) is 28.6 Å². The molecule has 0 saturated heterocycles. The van der Waals surface area contributed by atoms with E-state index in [0.717, 1.165) is 31.0 Å². The Morgan fingerprint density at radius 1 is 1.03 bits per heavy atom. The topological polar surface area (TPSA) is 65.1 Å². The van der Waals surface area contributed by atoms with Gasteiger partial charge in [0.2, 0.25) is 5.95 Å². The lowest BCUT2D eigenvalue weighted by molar-refractivity contribution is 0.437. The maximum Gasteiger partial charge on any atom is 0.332 e. The first-order chi connectivity index (χ1) is 15.9. The molecule has 0 aliphatic carbocycles. The summed E-state index contributed by atoms with van der Waals surface area (Å²) >= 11 is 6.31. The van der Waals surface area contributed by atoms with Gasteiger partial charge >= 0.3 is 5.69 Å². The molecule has 0 fully saturated rings. The highest BCUT2D eigenvalue weighted by Crippen LogP contribution is 2.27. The molecule has 7 nitrogen and oxygen atoms in total. The van der Waals surface area contributed by atoms with E-state index in [1.54, 1.807) is 13.1 Å². The van der Waals surface area contributed by atoms with Crippen LogP contribution in [0.1, 0.15) is 18.1 Å². The van der Waals surface area contributed by atoms with Crippen LogP contribution in [0.15, 0.2) is 64.2 Å². The van der Waals surface area contributed by atoms with Gasteiger partial charge in [0.15, 0.2) is 11.2 Å². The van der Waals surface area contributed by atoms with Gasteiger partial charge in [-0.1, -0.05) is 67.1 Å². The second-order valence-corrected chi connectivity index (χ2v) is 9.21. The smallest absolute Gasteiger partial charge is 0.332 e. The Bertz CT molecular complexity index is 1440. The Labute approximate surface area is 196 Å². The molecular weight excluding hydrogens is 438 g/mol. The minimum atomic E-state index is -0.397. The van der Waals surface area contributed by atoms with E-state index in [1.165, 1.54) is 14.7 Å². The second-order valence-electron chi connectivity index (χ2n) is 8.81. The largest absolute Gasteiger partial charge is 0.342 e. The van der Waals surface area contributed by atoms with Gasteiger partial charge in [0.25, 0.3) is 5.56 Å². The zero-order chi connectivity index (χ0) is 23.1. The van der Waals surface area contributed by atoms with Crippen LogP contribution >= 0.6 is 11.6 Å². The number of nitrogens with zero attached hydrogens (tertiary/aromatic N) is 5. The van der Waals surface area contributed by atoms with E-state index < -0.39 is 5.69 Å². The van der Waals surface area contributed by atoms with Gasteiger partial charge in [-0.3, -0.25) is 13.9 Å². The molecule has 0 radical (unpaired) electrons. The summed E-state index contributed by atoms with van der Waals surface area (Å²) in [5.41, 5.74) is 2.15. The number of imidazole rings is 1. The van der Waals surface area contributed by atoms with Crippen LogP contribution in [0.4, 0.5) is 5.95 Å². The van der Waals surface area contributed by atoms with E-state index in [9.17, 15) is 9.59 Å². The highest BCUT2D eigenvalue weighted by molar-refractivity contribution is 6.31. The highest BCUT2D eigenvalue weighted by Gasteiger charge is 2.29. The summed E-state index contributed by atoms with van der Waals surface area (Å²) in [7, 11) is 1.67. The molecule has 0 bridgehead atoms. The van der Waals surface area contributed by atoms with E-state index in [4.69, 9.17) is 16.6 Å². The molecular formula is C25H26ClN5O2. The van der Waals surface area contributed by atoms with Gasteiger partial charge in [-0.15, -0.1) is 0 Å². The van der Waals surface area contributed by atoms with Gasteiger partial charge in [0.05, 0.1) is 6.54 Å². The Balaban J connectivity index is 1.60. The molecule has 4 aromatic rings. The van der Waals surface area contributed by atoms with Crippen LogP contribution in [0.5, 0.6) is 0 Å². The standard InChI is InChI=1S/C25H26ClN5O2/c1-17-14-29(13-12-18-8-4-3-5-9-18)24-27-22-21(30(24)15-17)23(32)31(25(33)28(22)2)16-19-10-6-7-11-20(19)26/h3-11,17H,12-16H2,1-2H3. The summed E-state index contributed by atoms with van der Waals surface area (Å²) in [5, 5.41) is 0.530. The molecule has 1 unspecified atom stereocenters. The fourth-order valence-corrected chi connectivity index (χ4v) is 4.83. The Morgan fingerprint density at radius 2 is 1.76 bits per heavy atom. The molecule has 1 atom stereocenters. The SMILES string of the molecule is CC1CN(CCc2ccccc2)c2nc3c(c(=O)n(Cc4ccccc4Cl)c(=O)n3C)n2C1. The molecule has 0 saturated carbocycles. The molecule has 1 aliphatic rings. The third-order valence-corrected chi connectivity index (χ3v) is 6.69. The third kappa shape index (κ3) is 3.86. The number of benzene rings is 2. The zero-order valence-corrected chi connectivity index (χ0v) is 19.5. The summed E-state index contributed by atoms with van der Waals surface area (Å²) < 4.78 is 4.71. The minimum Gasteiger partial charge on any atom is -0.342 e. The Kier molecular flexibility index (Phi) is 5.58. The first-order valence-electron chi connectivity index (χ1n) is 11.2. The van der Waals surface area contributed by atoms with Crippen molar-refractivity contribution in [3.05, 3.63) is 91.6 Å². The van der Waals surface area contributed by atoms with Crippen LogP contribution in [0.2, 0.25) is 5.02 Å². The van der Waals surface area contributed by atoms with Crippen molar-refractivity contribution >= 4 is 28.7 Å². The molecule has 5 rings (SSSR count). The number of hydrogen-bond donors (Lipinski definition) is 0. The number of fused-ring (bicyclic) bond motifs is 3. The van der Waals surface area contributed by atoms with Crippen LogP contribution in [-0.4, -0.2) is 31.8 Å². The molecule has 33 heavy (non-hydrogen) atoms. The van der Waals surface area contributed by atoms with Crippen LogP contribution in [-0.2, 0) is 26.6 Å². The van der Waals surface area contributed by atoms with Crippen molar-refractivity contribution in [3.63, 3.8) is 0 Å². The average molecular weight is 464 g/mol. The molecule has 0 N–H and O–H groups in total. The second kappa shape index (κ2) is 8.56. The van der Waals surface area contributed by atoms with E-state index in [2.05, 4.69) is 24.0 Å². The number of rotatable bonds is 5. The maximum atomic E-state index is 13.6. The summed E-state index contributed by atoms with van der Waals surface area (Å²) in [5.74, 6) is 1.10. The third-order valence-electron chi connectivity index (χ3n) is 6.32. The summed E-state index contributed by atoms with van der Waals surface area (Å²) in [4.78, 5) is 33.7. The molecule has 170 valence electrons. The Hall–Kier alpha value is -3.32. The fourth-order valence-electron chi connectivity index (χ4n) is 4.64. The lowest BCUT2D eigenvalue weighted by atomic mass is 10.1. The van der Waals surface area contributed by atoms with Gasteiger partial charge in [0, 0.05) is 31.7 Å². The highest BCUT2D eigenvalue weighted by atomic mass is 35.5. The predicted octanol–water partition coefficient (Wildman–Crippen LogP) is 3.30. The van der Waals surface area contributed by atoms with Crippen molar-refractivity contribution < 1.29 is 0 Å². The van der Waals surface area contributed by atoms with Gasteiger partial charge in [-0.05, 0) is 29.5 Å². The molecule has 0 amide bonds. The lowest BCUT2D eigenvalue weighted by Gasteiger charge is -2.33. The number of aromatic nitrogens is 4. The van der Waals surface area contributed by atoms with Gasteiger partial charge in [-0.25, -0.2) is 4.79 Å². The summed E-state index contributed by atoms with van der Waals surface area (Å²) in [6.45, 7) is 4.63.